The van der Waals surface area contributed by atoms with Crippen molar-refractivity contribution in [1.82, 2.24) is 10.2 Å². The first-order valence-corrected chi connectivity index (χ1v) is 10.1. The molecule has 2 amide bonds. The number of nitrogens with zero attached hydrogens (tertiary/aromatic N) is 1. The summed E-state index contributed by atoms with van der Waals surface area (Å²) in [7, 11) is -2.96. The summed E-state index contributed by atoms with van der Waals surface area (Å²) in [5.41, 5.74) is 0.00747. The van der Waals surface area contributed by atoms with Crippen molar-refractivity contribution < 1.29 is 17.9 Å². The van der Waals surface area contributed by atoms with Gasteiger partial charge in [-0.3, -0.25) is 0 Å². The van der Waals surface area contributed by atoms with Gasteiger partial charge in [-0.1, -0.05) is 13.8 Å². The Hall–Kier alpha value is -0.820. The molecular weight excluding hydrogens is 304 g/mol. The van der Waals surface area contributed by atoms with E-state index < -0.39 is 9.84 Å². The third-order valence-corrected chi connectivity index (χ3v) is 7.01. The summed E-state index contributed by atoms with van der Waals surface area (Å²) < 4.78 is 28.7. The van der Waals surface area contributed by atoms with E-state index in [0.717, 1.165) is 19.3 Å². The molecule has 2 fully saturated rings. The van der Waals surface area contributed by atoms with E-state index in [1.165, 1.54) is 0 Å². The third-order valence-electron chi connectivity index (χ3n) is 5.40. The van der Waals surface area contributed by atoms with Crippen molar-refractivity contribution in [1.29, 1.82) is 0 Å². The van der Waals surface area contributed by atoms with Gasteiger partial charge in [0.15, 0.2) is 9.84 Å². The summed E-state index contributed by atoms with van der Waals surface area (Å²) in [6.07, 6.45) is 2.98. The van der Waals surface area contributed by atoms with Crippen LogP contribution in [0.3, 0.4) is 0 Å². The Morgan fingerprint density at radius 2 is 1.82 bits per heavy atom. The van der Waals surface area contributed by atoms with E-state index in [9.17, 15) is 13.2 Å². The highest BCUT2D eigenvalue weighted by molar-refractivity contribution is 7.91. The molecule has 2 atom stereocenters. The number of hydrogen-bond acceptors (Lipinski definition) is 4. The zero-order valence-electron chi connectivity index (χ0n) is 13.8. The van der Waals surface area contributed by atoms with Gasteiger partial charge in [-0.2, -0.15) is 0 Å². The fraction of sp³-hybridized carbons (Fsp3) is 0.933. The van der Waals surface area contributed by atoms with E-state index in [-0.39, 0.29) is 35.1 Å². The summed E-state index contributed by atoms with van der Waals surface area (Å²) in [5, 5.41) is 3.11. The van der Waals surface area contributed by atoms with Gasteiger partial charge in [0.1, 0.15) is 0 Å². The monoisotopic (exact) mass is 332 g/mol. The number of carbonyl (C=O) groups is 1. The Morgan fingerprint density at radius 3 is 2.32 bits per heavy atom. The SMILES string of the molecule is CCO[C@@H]1C[C@@H](NC(=O)N2CCS(=O)(=O)CC2)C1(CC)CC. The normalized spacial score (nSPS) is 29.7. The van der Waals surface area contributed by atoms with E-state index in [0.29, 0.717) is 19.7 Å². The smallest absolute Gasteiger partial charge is 0.317 e. The molecule has 0 aromatic heterocycles. The zero-order valence-corrected chi connectivity index (χ0v) is 14.6. The summed E-state index contributed by atoms with van der Waals surface area (Å²) >= 11 is 0. The van der Waals surface area contributed by atoms with Gasteiger partial charge in [-0.15, -0.1) is 0 Å². The third kappa shape index (κ3) is 3.25. The predicted molar refractivity (Wildman–Crippen MR) is 85.6 cm³/mol. The van der Waals surface area contributed by atoms with Gasteiger partial charge in [0.2, 0.25) is 0 Å². The molecule has 0 spiro atoms. The molecule has 0 aromatic rings. The number of carbonyl (C=O) groups excluding carboxylic acids is 1. The fourth-order valence-corrected chi connectivity index (χ4v) is 4.94. The van der Waals surface area contributed by atoms with Crippen LogP contribution in [-0.4, -0.2) is 62.7 Å². The topological polar surface area (TPSA) is 75.7 Å². The molecule has 0 aromatic carbocycles. The first kappa shape index (κ1) is 17.5. The van der Waals surface area contributed by atoms with Crippen LogP contribution in [0.15, 0.2) is 0 Å². The van der Waals surface area contributed by atoms with Crippen molar-refractivity contribution in [2.45, 2.75) is 52.2 Å². The van der Waals surface area contributed by atoms with Gasteiger partial charge < -0.3 is 15.0 Å². The largest absolute Gasteiger partial charge is 0.378 e. The van der Waals surface area contributed by atoms with Crippen molar-refractivity contribution >= 4 is 15.9 Å². The maximum absolute atomic E-state index is 12.4. The van der Waals surface area contributed by atoms with Crippen LogP contribution < -0.4 is 5.32 Å². The molecule has 1 heterocycles. The van der Waals surface area contributed by atoms with Crippen molar-refractivity contribution in [3.8, 4) is 0 Å². The zero-order chi connectivity index (χ0) is 16.4. The highest BCUT2D eigenvalue weighted by Gasteiger charge is 2.54. The number of urea groups is 1. The van der Waals surface area contributed by atoms with Crippen LogP contribution in [0.5, 0.6) is 0 Å². The van der Waals surface area contributed by atoms with Crippen LogP contribution in [0.4, 0.5) is 4.79 Å². The van der Waals surface area contributed by atoms with Crippen LogP contribution in [0.25, 0.3) is 0 Å². The molecule has 6 nitrogen and oxygen atoms in total. The van der Waals surface area contributed by atoms with Crippen LogP contribution in [0, 0.1) is 5.41 Å². The van der Waals surface area contributed by atoms with Gasteiger partial charge in [0.25, 0.3) is 0 Å². The Balaban J connectivity index is 1.94. The fourth-order valence-electron chi connectivity index (χ4n) is 3.74. The molecule has 2 rings (SSSR count). The summed E-state index contributed by atoms with van der Waals surface area (Å²) in [6.45, 7) is 7.55. The van der Waals surface area contributed by atoms with E-state index >= 15 is 0 Å². The molecular formula is C15H28N2O4S. The molecule has 1 aliphatic carbocycles. The number of nitrogens with one attached hydrogen (secondary N) is 1. The highest BCUT2D eigenvalue weighted by atomic mass is 32.2. The minimum Gasteiger partial charge on any atom is -0.378 e. The molecule has 1 saturated carbocycles. The van der Waals surface area contributed by atoms with Crippen LogP contribution in [0.2, 0.25) is 0 Å². The van der Waals surface area contributed by atoms with Gasteiger partial charge in [-0.05, 0) is 26.2 Å². The van der Waals surface area contributed by atoms with Crippen LogP contribution in [-0.2, 0) is 14.6 Å². The second-order valence-corrected chi connectivity index (χ2v) is 8.56. The summed E-state index contributed by atoms with van der Waals surface area (Å²) in [4.78, 5) is 14.0. The van der Waals surface area contributed by atoms with Crippen LogP contribution >= 0.6 is 0 Å². The molecule has 128 valence electrons. The quantitative estimate of drug-likeness (QED) is 0.826. The molecule has 1 aliphatic heterocycles. The number of amides is 2. The van der Waals surface area contributed by atoms with Crippen molar-refractivity contribution in [3.63, 3.8) is 0 Å². The molecule has 1 N–H and O–H groups in total. The van der Waals surface area contributed by atoms with Crippen molar-refractivity contribution in [2.24, 2.45) is 5.41 Å². The second-order valence-electron chi connectivity index (χ2n) is 6.26. The Kier molecular flexibility index (Phi) is 5.37. The first-order chi connectivity index (χ1) is 10.4. The highest BCUT2D eigenvalue weighted by Crippen LogP contribution is 2.48. The minimum absolute atomic E-state index is 0.00747. The molecule has 2 aliphatic rings. The van der Waals surface area contributed by atoms with Crippen LogP contribution in [0.1, 0.15) is 40.0 Å². The standard InChI is InChI=1S/C15H28N2O4S/c1-4-15(5-2)12(11-13(15)21-6-3)16-14(18)17-7-9-22(19,20)10-8-17/h12-13H,4-11H2,1-3H3,(H,16,18)/t12-,13-/m1/s1. The lowest BCUT2D eigenvalue weighted by atomic mass is 9.58. The van der Waals surface area contributed by atoms with Crippen molar-refractivity contribution in [3.05, 3.63) is 0 Å². The van der Waals surface area contributed by atoms with E-state index in [1.807, 2.05) is 6.92 Å². The average Bonchev–Trinajstić information content (AvgIpc) is 2.47. The van der Waals surface area contributed by atoms with Crippen molar-refractivity contribution in [2.75, 3.05) is 31.2 Å². The lowest BCUT2D eigenvalue weighted by Crippen LogP contribution is -2.66. The van der Waals surface area contributed by atoms with Gasteiger partial charge in [0.05, 0.1) is 17.6 Å². The Bertz CT molecular complexity index is 488. The number of ether oxygens (including phenoxy) is 1. The molecule has 0 unspecified atom stereocenters. The molecule has 7 heteroatoms. The van der Waals surface area contributed by atoms with Gasteiger partial charge in [0, 0.05) is 31.2 Å². The average molecular weight is 332 g/mol. The van der Waals surface area contributed by atoms with E-state index in [2.05, 4.69) is 19.2 Å². The molecule has 0 bridgehead atoms. The maximum Gasteiger partial charge on any atom is 0.317 e. The maximum atomic E-state index is 12.4. The first-order valence-electron chi connectivity index (χ1n) is 8.26. The second kappa shape index (κ2) is 6.74. The minimum atomic E-state index is -2.96. The van der Waals surface area contributed by atoms with E-state index in [1.54, 1.807) is 4.90 Å². The summed E-state index contributed by atoms with van der Waals surface area (Å²) in [6, 6.07) is -0.0220. The molecule has 22 heavy (non-hydrogen) atoms. The Labute approximate surface area is 133 Å². The lowest BCUT2D eigenvalue weighted by molar-refractivity contribution is -0.134. The van der Waals surface area contributed by atoms with E-state index in [4.69, 9.17) is 4.74 Å². The molecule has 1 saturated heterocycles. The number of sulfone groups is 1. The Morgan fingerprint density at radius 1 is 1.23 bits per heavy atom. The lowest BCUT2D eigenvalue weighted by Gasteiger charge is -2.55. The number of hydrogen-bond donors (Lipinski definition) is 1. The van der Waals surface area contributed by atoms with Gasteiger partial charge in [-0.25, -0.2) is 13.2 Å². The summed E-state index contributed by atoms with van der Waals surface area (Å²) in [5.74, 6) is 0.138. The molecule has 0 radical (unpaired) electrons. The number of rotatable bonds is 5. The predicted octanol–water partition coefficient (Wildman–Crippen LogP) is 1.41. The van der Waals surface area contributed by atoms with Gasteiger partial charge >= 0.3 is 6.03 Å².